The molecule has 0 saturated carbocycles. The molecule has 0 saturated heterocycles. The monoisotopic (exact) mass is 691 g/mol. The van der Waals surface area contributed by atoms with E-state index in [9.17, 15) is 0 Å². The number of furan rings is 2. The second kappa shape index (κ2) is 12.1. The van der Waals surface area contributed by atoms with Crippen LogP contribution < -0.4 is 0 Å². The largest absolute Gasteiger partial charge is 0.456 e. The van der Waals surface area contributed by atoms with Crippen LogP contribution in [-0.4, -0.2) is 15.0 Å². The molecule has 0 atom stereocenters. The number of benzene rings is 8. The Kier molecular flexibility index (Phi) is 6.79. The van der Waals surface area contributed by atoms with Crippen LogP contribution in [0.3, 0.4) is 0 Å². The highest BCUT2D eigenvalue weighted by molar-refractivity contribution is 6.17. The molecule has 0 aliphatic rings. The average Bonchev–Trinajstić information content (AvgIpc) is 3.81. The second-order valence-electron chi connectivity index (χ2n) is 13.5. The van der Waals surface area contributed by atoms with Crippen LogP contribution in [0, 0.1) is 0 Å². The normalized spacial score (nSPS) is 11.7. The van der Waals surface area contributed by atoms with Gasteiger partial charge in [0.05, 0.1) is 0 Å². The molecule has 0 aliphatic carbocycles. The van der Waals surface area contributed by atoms with Gasteiger partial charge < -0.3 is 8.83 Å². The maximum Gasteiger partial charge on any atom is 0.164 e. The van der Waals surface area contributed by atoms with Crippen molar-refractivity contribution in [1.29, 1.82) is 0 Å². The maximum absolute atomic E-state index is 6.62. The fourth-order valence-corrected chi connectivity index (χ4v) is 7.86. The number of hydrogen-bond acceptors (Lipinski definition) is 5. The minimum absolute atomic E-state index is 0.575. The topological polar surface area (TPSA) is 65.0 Å². The van der Waals surface area contributed by atoms with Crippen LogP contribution in [-0.2, 0) is 0 Å². The summed E-state index contributed by atoms with van der Waals surface area (Å²) < 4.78 is 13.1. The molecule has 5 heteroatoms. The molecular formula is C49H29N3O2. The SMILES string of the molecule is c1ccc(-c2nc(-c3ccccc3-c3cccc4oc5cc6ccccc6cc5c34)nc(-c3cccc4oc5c(-c6ccccc6)cccc5c34)n2)cc1. The van der Waals surface area contributed by atoms with Gasteiger partial charge >= 0.3 is 0 Å². The highest BCUT2D eigenvalue weighted by Crippen LogP contribution is 2.43. The van der Waals surface area contributed by atoms with E-state index >= 15 is 0 Å². The molecule has 0 amide bonds. The smallest absolute Gasteiger partial charge is 0.164 e. The van der Waals surface area contributed by atoms with Gasteiger partial charge in [0, 0.05) is 43.8 Å². The predicted octanol–water partition coefficient (Wildman–Crippen LogP) is 13.2. The van der Waals surface area contributed by atoms with E-state index < -0.39 is 0 Å². The Bertz CT molecular complexity index is 3220. The molecule has 3 heterocycles. The van der Waals surface area contributed by atoms with Crippen molar-refractivity contribution in [3.8, 4) is 56.4 Å². The number of rotatable bonds is 5. The summed E-state index contributed by atoms with van der Waals surface area (Å²) in [5.74, 6) is 1.75. The fourth-order valence-electron chi connectivity index (χ4n) is 7.86. The van der Waals surface area contributed by atoms with E-state index in [1.165, 1.54) is 5.39 Å². The van der Waals surface area contributed by atoms with E-state index in [2.05, 4.69) is 115 Å². The van der Waals surface area contributed by atoms with Crippen molar-refractivity contribution in [2.45, 2.75) is 0 Å². The number of hydrogen-bond donors (Lipinski definition) is 0. The van der Waals surface area contributed by atoms with E-state index in [1.807, 2.05) is 60.7 Å². The lowest BCUT2D eigenvalue weighted by molar-refractivity contribution is 0.669. The second-order valence-corrected chi connectivity index (χ2v) is 13.5. The van der Waals surface area contributed by atoms with Gasteiger partial charge in [0.1, 0.15) is 22.3 Å². The summed E-state index contributed by atoms with van der Waals surface area (Å²) in [6.07, 6.45) is 0. The van der Waals surface area contributed by atoms with E-state index in [0.29, 0.717) is 17.5 Å². The third-order valence-electron chi connectivity index (χ3n) is 10.3. The summed E-state index contributed by atoms with van der Waals surface area (Å²) in [5, 5.41) is 6.43. The molecule has 0 spiro atoms. The lowest BCUT2D eigenvalue weighted by Gasteiger charge is -2.13. The summed E-state index contributed by atoms with van der Waals surface area (Å²) in [7, 11) is 0. The number of fused-ring (bicyclic) bond motifs is 7. The number of para-hydroxylation sites is 1. The van der Waals surface area contributed by atoms with Crippen molar-refractivity contribution in [3.05, 3.63) is 176 Å². The zero-order valence-electron chi connectivity index (χ0n) is 28.9. The summed E-state index contributed by atoms with van der Waals surface area (Å²) in [6.45, 7) is 0. The van der Waals surface area contributed by atoms with Gasteiger partial charge in [-0.1, -0.05) is 152 Å². The molecule has 11 aromatic rings. The lowest BCUT2D eigenvalue weighted by Crippen LogP contribution is -2.01. The molecule has 0 N–H and O–H groups in total. The Labute approximate surface area is 309 Å². The third-order valence-corrected chi connectivity index (χ3v) is 10.3. The molecule has 0 radical (unpaired) electrons. The first-order chi connectivity index (χ1) is 26.8. The van der Waals surface area contributed by atoms with E-state index in [4.69, 9.17) is 23.8 Å². The average molecular weight is 692 g/mol. The molecule has 252 valence electrons. The molecular weight excluding hydrogens is 663 g/mol. The quantitative estimate of drug-likeness (QED) is 0.180. The van der Waals surface area contributed by atoms with Crippen LogP contribution in [0.5, 0.6) is 0 Å². The van der Waals surface area contributed by atoms with Gasteiger partial charge in [-0.15, -0.1) is 0 Å². The van der Waals surface area contributed by atoms with Crippen LogP contribution >= 0.6 is 0 Å². The number of nitrogens with zero attached hydrogens (tertiary/aromatic N) is 3. The molecule has 0 bridgehead atoms. The van der Waals surface area contributed by atoms with E-state index in [0.717, 1.165) is 88.2 Å². The molecule has 0 aliphatic heterocycles. The first-order valence-electron chi connectivity index (χ1n) is 18.0. The van der Waals surface area contributed by atoms with Crippen molar-refractivity contribution in [2.24, 2.45) is 0 Å². The summed E-state index contributed by atoms with van der Waals surface area (Å²) in [4.78, 5) is 15.6. The van der Waals surface area contributed by atoms with Crippen LogP contribution in [0.25, 0.3) is 111 Å². The lowest BCUT2D eigenvalue weighted by atomic mass is 9.94. The first-order valence-corrected chi connectivity index (χ1v) is 18.0. The zero-order valence-corrected chi connectivity index (χ0v) is 28.9. The van der Waals surface area contributed by atoms with Gasteiger partial charge in [-0.05, 0) is 51.7 Å². The first kappa shape index (κ1) is 30.3. The minimum atomic E-state index is 0.575. The van der Waals surface area contributed by atoms with Gasteiger partial charge in [-0.2, -0.15) is 0 Å². The van der Waals surface area contributed by atoms with Crippen LogP contribution in [0.2, 0.25) is 0 Å². The van der Waals surface area contributed by atoms with E-state index in [1.54, 1.807) is 0 Å². The van der Waals surface area contributed by atoms with Gasteiger partial charge in [-0.25, -0.2) is 15.0 Å². The molecule has 5 nitrogen and oxygen atoms in total. The van der Waals surface area contributed by atoms with Crippen molar-refractivity contribution >= 4 is 54.6 Å². The van der Waals surface area contributed by atoms with Crippen molar-refractivity contribution in [1.82, 2.24) is 15.0 Å². The third kappa shape index (κ3) is 4.83. The van der Waals surface area contributed by atoms with Gasteiger partial charge in [0.15, 0.2) is 17.5 Å². The highest BCUT2D eigenvalue weighted by Gasteiger charge is 2.22. The fraction of sp³-hybridized carbons (Fsp3) is 0. The number of aromatic nitrogens is 3. The molecule has 0 fully saturated rings. The molecule has 54 heavy (non-hydrogen) atoms. The minimum Gasteiger partial charge on any atom is -0.456 e. The Balaban J connectivity index is 1.15. The standard InChI is InChI=1S/C49H29N3O2/c1-3-14-30(15-4-1)34-22-11-24-38-45-39(25-13-27-42(45)54-46(34)38)49-51-47(31-16-5-2-6-17-31)50-48(52-49)37-21-10-9-20-35(37)36-23-12-26-41-44(36)40-28-32-18-7-8-19-33(32)29-43(40)53-41/h1-29H. The van der Waals surface area contributed by atoms with Crippen LogP contribution in [0.4, 0.5) is 0 Å². The Hall–Kier alpha value is -7.37. The summed E-state index contributed by atoms with van der Waals surface area (Å²) in [5.41, 5.74) is 10.2. The molecule has 3 aromatic heterocycles. The molecule has 8 aromatic carbocycles. The van der Waals surface area contributed by atoms with Gasteiger partial charge in [0.2, 0.25) is 0 Å². The van der Waals surface area contributed by atoms with Crippen molar-refractivity contribution < 1.29 is 8.83 Å². The molecule has 0 unspecified atom stereocenters. The van der Waals surface area contributed by atoms with Gasteiger partial charge in [0.25, 0.3) is 0 Å². The van der Waals surface area contributed by atoms with Crippen molar-refractivity contribution in [2.75, 3.05) is 0 Å². The maximum atomic E-state index is 6.62. The zero-order chi connectivity index (χ0) is 35.6. The highest BCUT2D eigenvalue weighted by atomic mass is 16.3. The Morgan fingerprint density at radius 2 is 0.852 bits per heavy atom. The van der Waals surface area contributed by atoms with Crippen LogP contribution in [0.1, 0.15) is 0 Å². The van der Waals surface area contributed by atoms with Crippen molar-refractivity contribution in [3.63, 3.8) is 0 Å². The Morgan fingerprint density at radius 1 is 0.315 bits per heavy atom. The summed E-state index contributed by atoms with van der Waals surface area (Å²) >= 11 is 0. The van der Waals surface area contributed by atoms with Gasteiger partial charge in [-0.3, -0.25) is 0 Å². The Morgan fingerprint density at radius 3 is 1.63 bits per heavy atom. The molecule has 11 rings (SSSR count). The predicted molar refractivity (Wildman–Crippen MR) is 219 cm³/mol. The van der Waals surface area contributed by atoms with Crippen LogP contribution in [0.15, 0.2) is 185 Å². The summed E-state index contributed by atoms with van der Waals surface area (Å²) in [6, 6.07) is 60.2. The van der Waals surface area contributed by atoms with E-state index in [-0.39, 0.29) is 0 Å².